The molecule has 1 aromatic carbocycles. The Morgan fingerprint density at radius 1 is 1.20 bits per heavy atom. The van der Waals surface area contributed by atoms with E-state index in [-0.39, 0.29) is 11.2 Å². The predicted octanol–water partition coefficient (Wildman–Crippen LogP) is 2.18. The molecule has 0 saturated carbocycles. The number of aryl methyl sites for hydroxylation is 2. The molecule has 1 aliphatic rings. The molecular weight excluding hydrogens is 382 g/mol. The molecule has 0 unspecified atom stereocenters. The van der Waals surface area contributed by atoms with Crippen LogP contribution >= 0.6 is 0 Å². The number of ether oxygens (including phenoxy) is 1. The fourth-order valence-corrected chi connectivity index (χ4v) is 4.14. The lowest BCUT2D eigenvalue weighted by molar-refractivity contribution is 0.236. The van der Waals surface area contributed by atoms with Crippen LogP contribution in [-0.2, 0) is 33.1 Å². The van der Waals surface area contributed by atoms with Crippen molar-refractivity contribution in [3.05, 3.63) is 56.0 Å². The summed E-state index contributed by atoms with van der Waals surface area (Å²) in [7, 11) is 1.85. The standard InChI is InChI=1S/C22H29N5O3/c1-4-6-10-27-20-19(21(28)24-22(27)29)25(3)18(23-20)14-26-11-9-15-7-8-17(30-5-2)12-16(15)13-26/h7-8,12H,4-6,9-11,13-14H2,1-3H3,(H,24,28,29). The molecule has 2 aromatic heterocycles. The summed E-state index contributed by atoms with van der Waals surface area (Å²) in [6, 6.07) is 6.30. The Hall–Kier alpha value is -2.87. The third kappa shape index (κ3) is 3.79. The first-order valence-electron chi connectivity index (χ1n) is 10.7. The third-order valence-corrected chi connectivity index (χ3v) is 5.79. The molecule has 0 spiro atoms. The highest BCUT2D eigenvalue weighted by molar-refractivity contribution is 5.70. The molecule has 160 valence electrons. The minimum Gasteiger partial charge on any atom is -0.494 e. The first kappa shape index (κ1) is 20.4. The van der Waals surface area contributed by atoms with Crippen molar-refractivity contribution in [1.29, 1.82) is 0 Å². The Kier molecular flexibility index (Phi) is 5.76. The molecule has 30 heavy (non-hydrogen) atoms. The van der Waals surface area contributed by atoms with E-state index in [1.54, 1.807) is 4.57 Å². The molecule has 0 fully saturated rings. The van der Waals surface area contributed by atoms with Crippen molar-refractivity contribution in [2.75, 3.05) is 13.2 Å². The van der Waals surface area contributed by atoms with Gasteiger partial charge >= 0.3 is 5.69 Å². The SMILES string of the molecule is CCCCn1c(=O)[nH]c(=O)c2c1nc(CN1CCc3ccc(OCC)cc3C1)n2C. The van der Waals surface area contributed by atoms with Crippen LogP contribution in [0.5, 0.6) is 5.75 Å². The fourth-order valence-electron chi connectivity index (χ4n) is 4.14. The summed E-state index contributed by atoms with van der Waals surface area (Å²) in [5.41, 5.74) is 2.78. The number of fused-ring (bicyclic) bond motifs is 2. The van der Waals surface area contributed by atoms with E-state index in [4.69, 9.17) is 9.72 Å². The van der Waals surface area contributed by atoms with Gasteiger partial charge in [-0.2, -0.15) is 0 Å². The van der Waals surface area contributed by atoms with Crippen LogP contribution in [-0.4, -0.2) is 37.2 Å². The largest absolute Gasteiger partial charge is 0.494 e. The Bertz CT molecular complexity index is 1170. The maximum atomic E-state index is 12.5. The first-order chi connectivity index (χ1) is 14.5. The topological polar surface area (TPSA) is 85.2 Å². The van der Waals surface area contributed by atoms with Crippen LogP contribution in [0.4, 0.5) is 0 Å². The number of nitrogens with zero attached hydrogens (tertiary/aromatic N) is 4. The van der Waals surface area contributed by atoms with Gasteiger partial charge in [0.05, 0.1) is 13.2 Å². The summed E-state index contributed by atoms with van der Waals surface area (Å²) >= 11 is 0. The number of nitrogens with one attached hydrogen (secondary N) is 1. The molecule has 4 rings (SSSR count). The molecule has 8 nitrogen and oxygen atoms in total. The number of rotatable bonds is 7. The third-order valence-electron chi connectivity index (χ3n) is 5.79. The van der Waals surface area contributed by atoms with Crippen molar-refractivity contribution in [3.63, 3.8) is 0 Å². The molecule has 8 heteroatoms. The van der Waals surface area contributed by atoms with Crippen molar-refractivity contribution in [1.82, 2.24) is 24.0 Å². The molecular formula is C22H29N5O3. The molecule has 1 aliphatic heterocycles. The number of hydrogen-bond acceptors (Lipinski definition) is 5. The first-order valence-corrected chi connectivity index (χ1v) is 10.7. The van der Waals surface area contributed by atoms with Gasteiger partial charge < -0.3 is 9.30 Å². The van der Waals surface area contributed by atoms with Crippen LogP contribution in [0, 0.1) is 0 Å². The van der Waals surface area contributed by atoms with E-state index in [1.165, 1.54) is 11.1 Å². The van der Waals surface area contributed by atoms with E-state index in [0.29, 0.717) is 30.9 Å². The monoisotopic (exact) mass is 411 g/mol. The summed E-state index contributed by atoms with van der Waals surface area (Å²) in [6.45, 7) is 7.60. The molecule has 0 atom stereocenters. The maximum Gasteiger partial charge on any atom is 0.330 e. The normalized spacial score (nSPS) is 14.2. The van der Waals surface area contributed by atoms with E-state index < -0.39 is 0 Å². The van der Waals surface area contributed by atoms with Crippen LogP contribution < -0.4 is 16.0 Å². The molecule has 0 amide bonds. The van der Waals surface area contributed by atoms with Crippen LogP contribution in [0.1, 0.15) is 43.6 Å². The fraction of sp³-hybridized carbons (Fsp3) is 0.500. The molecule has 0 aliphatic carbocycles. The van der Waals surface area contributed by atoms with Gasteiger partial charge in [0.15, 0.2) is 11.2 Å². The highest BCUT2D eigenvalue weighted by Crippen LogP contribution is 2.25. The second-order valence-corrected chi connectivity index (χ2v) is 7.85. The van der Waals surface area contributed by atoms with Gasteiger partial charge in [-0.3, -0.25) is 19.2 Å². The van der Waals surface area contributed by atoms with Gasteiger partial charge in [0.25, 0.3) is 5.56 Å². The van der Waals surface area contributed by atoms with Crippen molar-refractivity contribution >= 4 is 11.2 Å². The zero-order valence-corrected chi connectivity index (χ0v) is 17.9. The predicted molar refractivity (Wildman–Crippen MR) is 116 cm³/mol. The highest BCUT2D eigenvalue weighted by Gasteiger charge is 2.21. The Morgan fingerprint density at radius 3 is 2.80 bits per heavy atom. The van der Waals surface area contributed by atoms with Gasteiger partial charge in [-0.05, 0) is 43.0 Å². The summed E-state index contributed by atoms with van der Waals surface area (Å²) < 4.78 is 9.06. The zero-order valence-electron chi connectivity index (χ0n) is 17.9. The number of aromatic amines is 1. The molecule has 0 radical (unpaired) electrons. The van der Waals surface area contributed by atoms with Gasteiger partial charge in [0.2, 0.25) is 0 Å². The van der Waals surface area contributed by atoms with E-state index in [2.05, 4.69) is 28.9 Å². The number of unbranched alkanes of at least 4 members (excludes halogenated alkanes) is 1. The second-order valence-electron chi connectivity index (χ2n) is 7.85. The van der Waals surface area contributed by atoms with Crippen molar-refractivity contribution < 1.29 is 4.74 Å². The highest BCUT2D eigenvalue weighted by atomic mass is 16.5. The molecule has 3 heterocycles. The van der Waals surface area contributed by atoms with Crippen LogP contribution in [0.2, 0.25) is 0 Å². The maximum absolute atomic E-state index is 12.5. The zero-order chi connectivity index (χ0) is 21.3. The molecule has 0 saturated heterocycles. The van der Waals surface area contributed by atoms with Crippen molar-refractivity contribution in [2.45, 2.75) is 52.7 Å². The quantitative estimate of drug-likeness (QED) is 0.644. The van der Waals surface area contributed by atoms with E-state index >= 15 is 0 Å². The van der Waals surface area contributed by atoms with Crippen LogP contribution in [0.3, 0.4) is 0 Å². The number of benzene rings is 1. The minimum absolute atomic E-state index is 0.380. The molecule has 1 N–H and O–H groups in total. The van der Waals surface area contributed by atoms with Crippen LogP contribution in [0.15, 0.2) is 27.8 Å². The molecule has 3 aromatic rings. The number of H-pyrrole nitrogens is 1. The van der Waals surface area contributed by atoms with Crippen molar-refractivity contribution in [3.8, 4) is 5.75 Å². The Labute approximate surface area is 175 Å². The van der Waals surface area contributed by atoms with Crippen LogP contribution in [0.25, 0.3) is 11.2 Å². The molecule has 0 bridgehead atoms. The van der Waals surface area contributed by atoms with Gasteiger partial charge in [0.1, 0.15) is 11.6 Å². The average Bonchev–Trinajstić information content (AvgIpc) is 3.04. The summed E-state index contributed by atoms with van der Waals surface area (Å²) in [4.78, 5) is 34.3. The van der Waals surface area contributed by atoms with E-state index in [1.807, 2.05) is 24.6 Å². The number of aromatic nitrogens is 4. The minimum atomic E-state index is -0.388. The summed E-state index contributed by atoms with van der Waals surface area (Å²) in [5.74, 6) is 1.68. The lowest BCUT2D eigenvalue weighted by Gasteiger charge is -2.28. The summed E-state index contributed by atoms with van der Waals surface area (Å²) in [6.07, 6.45) is 2.79. The van der Waals surface area contributed by atoms with Gasteiger partial charge in [-0.25, -0.2) is 9.78 Å². The number of hydrogen-bond donors (Lipinski definition) is 1. The van der Waals surface area contributed by atoms with E-state index in [0.717, 1.165) is 43.9 Å². The Balaban J connectivity index is 1.64. The van der Waals surface area contributed by atoms with Gasteiger partial charge in [0, 0.05) is 26.7 Å². The smallest absolute Gasteiger partial charge is 0.330 e. The lowest BCUT2D eigenvalue weighted by Crippen LogP contribution is -2.31. The van der Waals surface area contributed by atoms with Crippen molar-refractivity contribution in [2.24, 2.45) is 7.05 Å². The van der Waals surface area contributed by atoms with E-state index in [9.17, 15) is 9.59 Å². The van der Waals surface area contributed by atoms with Gasteiger partial charge in [-0.15, -0.1) is 0 Å². The number of imidazole rings is 1. The van der Waals surface area contributed by atoms with Gasteiger partial charge in [-0.1, -0.05) is 19.4 Å². The lowest BCUT2D eigenvalue weighted by atomic mass is 9.99. The second kappa shape index (κ2) is 8.47. The summed E-state index contributed by atoms with van der Waals surface area (Å²) in [5, 5.41) is 0. The Morgan fingerprint density at radius 2 is 2.03 bits per heavy atom. The average molecular weight is 412 g/mol.